The van der Waals surface area contributed by atoms with Crippen molar-refractivity contribution < 1.29 is 13.2 Å². The average Bonchev–Trinajstić information content (AvgIpc) is 2.50. The summed E-state index contributed by atoms with van der Waals surface area (Å²) in [4.78, 5) is 12.4. The van der Waals surface area contributed by atoms with Crippen LogP contribution in [0.2, 0.25) is 0 Å². The number of hydrogen-bond donors (Lipinski definition) is 3. The molecule has 0 saturated heterocycles. The molecule has 7 heteroatoms. The van der Waals surface area contributed by atoms with Gasteiger partial charge in [0, 0.05) is 12.1 Å². The van der Waals surface area contributed by atoms with Crippen LogP contribution in [0.15, 0.2) is 24.3 Å². The van der Waals surface area contributed by atoms with E-state index in [4.69, 9.17) is 5.73 Å². The summed E-state index contributed by atoms with van der Waals surface area (Å²) in [5, 5.41) is 2.97. The highest BCUT2D eigenvalue weighted by Gasteiger charge is 2.22. The third-order valence-electron chi connectivity index (χ3n) is 3.92. The van der Waals surface area contributed by atoms with Crippen molar-refractivity contribution in [3.8, 4) is 0 Å². The van der Waals surface area contributed by atoms with E-state index in [0.717, 1.165) is 25.7 Å². The topological polar surface area (TPSA) is 101 Å². The zero-order valence-corrected chi connectivity index (χ0v) is 13.5. The van der Waals surface area contributed by atoms with Crippen molar-refractivity contribution in [2.24, 2.45) is 5.73 Å². The van der Waals surface area contributed by atoms with Gasteiger partial charge in [-0.3, -0.25) is 9.52 Å². The minimum Gasteiger partial charge on any atom is -0.349 e. The van der Waals surface area contributed by atoms with Crippen LogP contribution >= 0.6 is 0 Å². The van der Waals surface area contributed by atoms with E-state index in [-0.39, 0.29) is 23.7 Å². The van der Waals surface area contributed by atoms with Crippen molar-refractivity contribution in [2.75, 3.05) is 10.5 Å². The monoisotopic (exact) mass is 325 g/mol. The number of para-hydroxylation sites is 1. The number of hydrogen-bond acceptors (Lipinski definition) is 4. The predicted molar refractivity (Wildman–Crippen MR) is 87.2 cm³/mol. The van der Waals surface area contributed by atoms with Gasteiger partial charge in [0.15, 0.2) is 0 Å². The Balaban J connectivity index is 2.09. The van der Waals surface area contributed by atoms with Crippen LogP contribution in [-0.4, -0.2) is 32.2 Å². The first-order valence-corrected chi connectivity index (χ1v) is 9.22. The Kier molecular flexibility index (Phi) is 5.42. The second kappa shape index (κ2) is 7.11. The average molecular weight is 325 g/mol. The summed E-state index contributed by atoms with van der Waals surface area (Å²) in [6.45, 7) is 1.55. The maximum absolute atomic E-state index is 12.4. The minimum atomic E-state index is -3.42. The van der Waals surface area contributed by atoms with E-state index in [2.05, 4.69) is 10.0 Å². The Bertz CT molecular complexity index is 623. The summed E-state index contributed by atoms with van der Waals surface area (Å²) in [7, 11) is -3.42. The molecule has 0 radical (unpaired) electrons. The van der Waals surface area contributed by atoms with Crippen LogP contribution in [0, 0.1) is 0 Å². The quantitative estimate of drug-likeness (QED) is 0.762. The van der Waals surface area contributed by atoms with Crippen molar-refractivity contribution in [2.45, 2.75) is 44.7 Å². The van der Waals surface area contributed by atoms with Crippen LogP contribution in [-0.2, 0) is 10.0 Å². The molecule has 6 nitrogen and oxygen atoms in total. The van der Waals surface area contributed by atoms with Gasteiger partial charge < -0.3 is 11.1 Å². The van der Waals surface area contributed by atoms with E-state index in [1.807, 2.05) is 0 Å². The van der Waals surface area contributed by atoms with E-state index in [0.29, 0.717) is 11.3 Å². The molecule has 1 fully saturated rings. The first-order chi connectivity index (χ1) is 10.4. The molecular weight excluding hydrogens is 302 g/mol. The van der Waals surface area contributed by atoms with Gasteiger partial charge in [0.2, 0.25) is 10.0 Å². The maximum Gasteiger partial charge on any atom is 0.253 e. The summed E-state index contributed by atoms with van der Waals surface area (Å²) in [6, 6.07) is 6.95. The SMILES string of the molecule is CCS(=O)(=O)Nc1ccccc1C(=O)NC1CCC(N)CC1. The summed E-state index contributed by atoms with van der Waals surface area (Å²) in [5.41, 5.74) is 6.51. The lowest BCUT2D eigenvalue weighted by Gasteiger charge is -2.27. The Labute approximate surface area is 131 Å². The number of nitrogens with one attached hydrogen (secondary N) is 2. The Morgan fingerprint density at radius 3 is 2.50 bits per heavy atom. The number of anilines is 1. The number of carbonyl (C=O) groups is 1. The molecule has 1 aromatic carbocycles. The molecule has 122 valence electrons. The molecule has 0 aromatic heterocycles. The molecule has 1 aliphatic rings. The summed E-state index contributed by atoms with van der Waals surface area (Å²) in [5.74, 6) is -0.293. The third-order valence-corrected chi connectivity index (χ3v) is 5.22. The van der Waals surface area contributed by atoms with Crippen LogP contribution < -0.4 is 15.8 Å². The molecule has 0 unspecified atom stereocenters. The largest absolute Gasteiger partial charge is 0.349 e. The Morgan fingerprint density at radius 1 is 1.23 bits per heavy atom. The van der Waals surface area contributed by atoms with Gasteiger partial charge in [-0.2, -0.15) is 0 Å². The van der Waals surface area contributed by atoms with Crippen molar-refractivity contribution in [1.29, 1.82) is 0 Å². The molecule has 22 heavy (non-hydrogen) atoms. The summed E-state index contributed by atoms with van der Waals surface area (Å²) >= 11 is 0. The maximum atomic E-state index is 12.4. The highest BCUT2D eigenvalue weighted by molar-refractivity contribution is 7.92. The number of rotatable bonds is 5. The van der Waals surface area contributed by atoms with Crippen LogP contribution in [0.1, 0.15) is 43.0 Å². The van der Waals surface area contributed by atoms with Gasteiger partial charge in [-0.05, 0) is 44.7 Å². The van der Waals surface area contributed by atoms with Crippen LogP contribution in [0.3, 0.4) is 0 Å². The van der Waals surface area contributed by atoms with Crippen molar-refractivity contribution in [3.63, 3.8) is 0 Å². The molecule has 4 N–H and O–H groups in total. The normalized spacial score (nSPS) is 22.1. The molecular formula is C15H23N3O3S. The number of nitrogens with two attached hydrogens (primary N) is 1. The second-order valence-electron chi connectivity index (χ2n) is 5.64. The van der Waals surface area contributed by atoms with E-state index in [1.54, 1.807) is 31.2 Å². The molecule has 1 aromatic rings. The number of benzene rings is 1. The van der Waals surface area contributed by atoms with E-state index in [1.165, 1.54) is 0 Å². The van der Waals surface area contributed by atoms with Gasteiger partial charge in [0.25, 0.3) is 5.91 Å². The molecule has 1 amide bonds. The second-order valence-corrected chi connectivity index (χ2v) is 7.65. The van der Waals surface area contributed by atoms with Crippen LogP contribution in [0.25, 0.3) is 0 Å². The van der Waals surface area contributed by atoms with Gasteiger partial charge in [0.1, 0.15) is 0 Å². The minimum absolute atomic E-state index is 0.0382. The van der Waals surface area contributed by atoms with Gasteiger partial charge in [0.05, 0.1) is 17.0 Å². The zero-order valence-electron chi connectivity index (χ0n) is 12.7. The fraction of sp³-hybridized carbons (Fsp3) is 0.533. The first kappa shape index (κ1) is 16.8. The van der Waals surface area contributed by atoms with E-state index >= 15 is 0 Å². The Hall–Kier alpha value is -1.60. The molecule has 0 heterocycles. The fourth-order valence-electron chi connectivity index (χ4n) is 2.54. The molecule has 0 spiro atoms. The highest BCUT2D eigenvalue weighted by atomic mass is 32.2. The predicted octanol–water partition coefficient (Wildman–Crippen LogP) is 1.45. The smallest absolute Gasteiger partial charge is 0.253 e. The molecule has 1 saturated carbocycles. The number of sulfonamides is 1. The highest BCUT2D eigenvalue weighted by Crippen LogP contribution is 2.20. The number of amides is 1. The van der Waals surface area contributed by atoms with E-state index < -0.39 is 10.0 Å². The van der Waals surface area contributed by atoms with Crippen molar-refractivity contribution >= 4 is 21.6 Å². The van der Waals surface area contributed by atoms with Crippen LogP contribution in [0.4, 0.5) is 5.69 Å². The zero-order chi connectivity index (χ0) is 16.2. The van der Waals surface area contributed by atoms with Gasteiger partial charge in [-0.15, -0.1) is 0 Å². The van der Waals surface area contributed by atoms with Gasteiger partial charge in [-0.1, -0.05) is 12.1 Å². The van der Waals surface area contributed by atoms with Crippen LogP contribution in [0.5, 0.6) is 0 Å². The van der Waals surface area contributed by atoms with Gasteiger partial charge in [-0.25, -0.2) is 8.42 Å². The van der Waals surface area contributed by atoms with Crippen molar-refractivity contribution in [1.82, 2.24) is 5.32 Å². The Morgan fingerprint density at radius 2 is 1.86 bits per heavy atom. The third kappa shape index (κ3) is 4.45. The van der Waals surface area contributed by atoms with E-state index in [9.17, 15) is 13.2 Å². The number of carbonyl (C=O) groups excluding carboxylic acids is 1. The lowest BCUT2D eigenvalue weighted by molar-refractivity contribution is 0.0927. The lowest BCUT2D eigenvalue weighted by Crippen LogP contribution is -2.40. The standard InChI is InChI=1S/C15H23N3O3S/c1-2-22(20,21)18-14-6-4-3-5-13(14)15(19)17-12-9-7-11(16)8-10-12/h3-6,11-12,18H,2,7-10,16H2,1H3,(H,17,19). The summed E-state index contributed by atoms with van der Waals surface area (Å²) < 4.78 is 25.9. The van der Waals surface area contributed by atoms with Gasteiger partial charge >= 0.3 is 0 Å². The molecule has 1 aliphatic carbocycles. The molecule has 2 rings (SSSR count). The fourth-order valence-corrected chi connectivity index (χ4v) is 3.19. The van der Waals surface area contributed by atoms with Crippen molar-refractivity contribution in [3.05, 3.63) is 29.8 Å². The molecule has 0 aliphatic heterocycles. The molecule has 0 atom stereocenters. The lowest BCUT2D eigenvalue weighted by atomic mass is 9.91. The first-order valence-electron chi connectivity index (χ1n) is 7.57. The molecule has 0 bridgehead atoms. The summed E-state index contributed by atoms with van der Waals surface area (Å²) in [6.07, 6.45) is 3.51.